The minimum atomic E-state index is -1.17. The van der Waals surface area contributed by atoms with Gasteiger partial charge in [0.05, 0.1) is 10.8 Å². The number of nitrogens with zero attached hydrogens (tertiary/aromatic N) is 1. The fraction of sp³-hybridized carbons (Fsp3) is 0.300. The number of benzene rings is 2. The first kappa shape index (κ1) is 18.6. The van der Waals surface area contributed by atoms with E-state index in [0.717, 1.165) is 6.42 Å². The molecule has 3 atom stereocenters. The second kappa shape index (κ2) is 7.57. The molecule has 3 rings (SSSR count). The van der Waals surface area contributed by atoms with E-state index in [9.17, 15) is 19.7 Å². The van der Waals surface area contributed by atoms with Crippen LogP contribution in [0.5, 0.6) is 0 Å². The Morgan fingerprint density at radius 3 is 2.48 bits per heavy atom. The van der Waals surface area contributed by atoms with Crippen molar-refractivity contribution in [1.82, 2.24) is 0 Å². The number of carbonyl (C=O) groups is 2. The number of aryl methyl sites for hydroxylation is 1. The Morgan fingerprint density at radius 1 is 1.22 bits per heavy atom. The molecule has 0 radical (unpaired) electrons. The zero-order valence-electron chi connectivity index (χ0n) is 15.0. The van der Waals surface area contributed by atoms with Gasteiger partial charge in [-0.2, -0.15) is 0 Å². The predicted octanol–water partition coefficient (Wildman–Crippen LogP) is 3.78. The molecule has 1 fully saturated rings. The van der Waals surface area contributed by atoms with Gasteiger partial charge in [-0.15, -0.1) is 0 Å². The van der Waals surface area contributed by atoms with Gasteiger partial charge < -0.3 is 10.1 Å². The van der Waals surface area contributed by atoms with E-state index in [1.807, 2.05) is 6.92 Å². The largest absolute Gasteiger partial charge is 0.447 e. The predicted molar refractivity (Wildman–Crippen MR) is 99.0 cm³/mol. The van der Waals surface area contributed by atoms with E-state index in [-0.39, 0.29) is 23.2 Å². The van der Waals surface area contributed by atoms with Gasteiger partial charge in [-0.05, 0) is 30.9 Å². The number of amides is 1. The van der Waals surface area contributed by atoms with Gasteiger partial charge in [-0.1, -0.05) is 43.3 Å². The van der Waals surface area contributed by atoms with E-state index in [0.29, 0.717) is 11.1 Å². The smallest absolute Gasteiger partial charge is 0.310 e. The van der Waals surface area contributed by atoms with E-state index in [1.165, 1.54) is 12.1 Å². The topological polar surface area (TPSA) is 98.5 Å². The molecule has 0 aliphatic heterocycles. The molecule has 2 aromatic rings. The number of esters is 1. The van der Waals surface area contributed by atoms with E-state index < -0.39 is 22.9 Å². The quantitative estimate of drug-likeness (QED) is 0.475. The molecule has 0 bridgehead atoms. The number of nitrogens with one attached hydrogen (secondary N) is 1. The van der Waals surface area contributed by atoms with Crippen LogP contribution in [0.1, 0.15) is 30.6 Å². The van der Waals surface area contributed by atoms with Crippen LogP contribution >= 0.6 is 0 Å². The van der Waals surface area contributed by atoms with Crippen LogP contribution in [0.25, 0.3) is 0 Å². The van der Waals surface area contributed by atoms with Gasteiger partial charge in [0.25, 0.3) is 11.6 Å². The van der Waals surface area contributed by atoms with Gasteiger partial charge in [0.2, 0.25) is 6.10 Å². The molecule has 1 aliphatic carbocycles. The summed E-state index contributed by atoms with van der Waals surface area (Å²) in [6.45, 7) is 3.67. The van der Waals surface area contributed by atoms with Crippen LogP contribution in [-0.4, -0.2) is 16.8 Å². The highest BCUT2D eigenvalue weighted by Crippen LogP contribution is 2.40. The maximum atomic E-state index is 12.8. The van der Waals surface area contributed by atoms with E-state index >= 15 is 0 Å². The second-order valence-corrected chi connectivity index (χ2v) is 6.81. The van der Waals surface area contributed by atoms with Crippen LogP contribution in [-0.2, 0) is 14.3 Å². The Hall–Kier alpha value is -3.22. The third kappa shape index (κ3) is 4.31. The summed E-state index contributed by atoms with van der Waals surface area (Å²) < 4.78 is 5.47. The molecular weight excluding hydrogens is 348 g/mol. The minimum Gasteiger partial charge on any atom is -0.447 e. The van der Waals surface area contributed by atoms with Gasteiger partial charge in [-0.3, -0.25) is 19.7 Å². The van der Waals surface area contributed by atoms with Crippen molar-refractivity contribution in [3.05, 3.63) is 69.8 Å². The highest BCUT2D eigenvalue weighted by atomic mass is 16.6. The fourth-order valence-electron chi connectivity index (χ4n) is 2.85. The molecule has 7 heteroatoms. The van der Waals surface area contributed by atoms with Crippen LogP contribution in [0.15, 0.2) is 48.5 Å². The zero-order chi connectivity index (χ0) is 19.6. The average Bonchev–Trinajstić information content (AvgIpc) is 3.38. The van der Waals surface area contributed by atoms with E-state index in [2.05, 4.69) is 5.32 Å². The van der Waals surface area contributed by atoms with Crippen molar-refractivity contribution < 1.29 is 19.2 Å². The summed E-state index contributed by atoms with van der Waals surface area (Å²) in [6, 6.07) is 13.1. The molecule has 1 saturated carbocycles. The molecule has 7 nitrogen and oxygen atoms in total. The van der Waals surface area contributed by atoms with Crippen molar-refractivity contribution in [3.63, 3.8) is 0 Å². The molecule has 0 unspecified atom stereocenters. The van der Waals surface area contributed by atoms with Gasteiger partial charge in [-0.25, -0.2) is 0 Å². The molecule has 0 aromatic heterocycles. The second-order valence-electron chi connectivity index (χ2n) is 6.81. The normalized spacial score (nSPS) is 19.0. The van der Waals surface area contributed by atoms with Crippen LogP contribution < -0.4 is 5.32 Å². The summed E-state index contributed by atoms with van der Waals surface area (Å²) in [4.78, 5) is 35.8. The standard InChI is InChI=1S/C20H20N2O5/c1-12-8-9-16(17(10-12)22(25)26)21-19(23)18(14-6-4-3-5-7-14)27-20(24)15-11-13(15)2/h3-10,13,15,18H,11H2,1-2H3,(H,21,23)/t13-,15+,18-/m0/s1. The van der Waals surface area contributed by atoms with Crippen molar-refractivity contribution in [2.24, 2.45) is 11.8 Å². The molecule has 0 spiro atoms. The van der Waals surface area contributed by atoms with Gasteiger partial charge >= 0.3 is 5.97 Å². The van der Waals surface area contributed by atoms with Crippen LogP contribution in [0.2, 0.25) is 0 Å². The first-order chi connectivity index (χ1) is 12.9. The number of ether oxygens (including phenoxy) is 1. The van der Waals surface area contributed by atoms with Crippen LogP contribution in [0.4, 0.5) is 11.4 Å². The Morgan fingerprint density at radius 2 is 1.89 bits per heavy atom. The summed E-state index contributed by atoms with van der Waals surface area (Å²) in [5.74, 6) is -1.01. The molecule has 0 saturated heterocycles. The maximum Gasteiger partial charge on any atom is 0.310 e. The third-order valence-corrected chi connectivity index (χ3v) is 4.59. The summed E-state index contributed by atoms with van der Waals surface area (Å²) in [5, 5.41) is 13.8. The Kier molecular flexibility index (Phi) is 5.21. The lowest BCUT2D eigenvalue weighted by molar-refractivity contribution is -0.384. The lowest BCUT2D eigenvalue weighted by Crippen LogP contribution is -2.27. The lowest BCUT2D eigenvalue weighted by atomic mass is 10.1. The summed E-state index contributed by atoms with van der Waals surface area (Å²) in [5.41, 5.74) is 1.06. The van der Waals surface area contributed by atoms with E-state index in [1.54, 1.807) is 43.3 Å². The molecule has 2 aromatic carbocycles. The van der Waals surface area contributed by atoms with Gasteiger partial charge in [0.15, 0.2) is 0 Å². The van der Waals surface area contributed by atoms with Crippen molar-refractivity contribution in [2.45, 2.75) is 26.4 Å². The first-order valence-corrected chi connectivity index (χ1v) is 8.68. The first-order valence-electron chi connectivity index (χ1n) is 8.68. The minimum absolute atomic E-state index is 0.0624. The number of carbonyl (C=O) groups excluding carboxylic acids is 2. The summed E-state index contributed by atoms with van der Waals surface area (Å²) in [7, 11) is 0. The van der Waals surface area contributed by atoms with Crippen LogP contribution in [0.3, 0.4) is 0 Å². The van der Waals surface area contributed by atoms with Crippen molar-refractivity contribution >= 4 is 23.3 Å². The number of rotatable bonds is 6. The van der Waals surface area contributed by atoms with Crippen LogP contribution in [0, 0.1) is 28.9 Å². The summed E-state index contributed by atoms with van der Waals surface area (Å²) in [6.07, 6.45) is -0.432. The van der Waals surface area contributed by atoms with Crippen molar-refractivity contribution in [3.8, 4) is 0 Å². The van der Waals surface area contributed by atoms with Gasteiger partial charge in [0, 0.05) is 11.6 Å². The Labute approximate surface area is 156 Å². The molecular formula is C20H20N2O5. The fourth-order valence-corrected chi connectivity index (χ4v) is 2.85. The van der Waals surface area contributed by atoms with Gasteiger partial charge in [0.1, 0.15) is 5.69 Å². The number of nitro groups is 1. The number of anilines is 1. The number of hydrogen-bond acceptors (Lipinski definition) is 5. The Bertz CT molecular complexity index is 881. The summed E-state index contributed by atoms with van der Waals surface area (Å²) >= 11 is 0. The number of hydrogen-bond donors (Lipinski definition) is 1. The third-order valence-electron chi connectivity index (χ3n) is 4.59. The SMILES string of the molecule is Cc1ccc(NC(=O)[C@@H](OC(=O)[C@@H]2C[C@@H]2C)c2ccccc2)c([N+](=O)[O-])c1. The number of nitro benzene ring substituents is 1. The van der Waals surface area contributed by atoms with Crippen molar-refractivity contribution in [2.75, 3.05) is 5.32 Å². The van der Waals surface area contributed by atoms with E-state index in [4.69, 9.17) is 4.74 Å². The highest BCUT2D eigenvalue weighted by molar-refractivity contribution is 5.98. The Balaban J connectivity index is 1.85. The van der Waals surface area contributed by atoms with Crippen molar-refractivity contribution in [1.29, 1.82) is 0 Å². The molecule has 1 N–H and O–H groups in total. The molecule has 27 heavy (non-hydrogen) atoms. The molecule has 140 valence electrons. The maximum absolute atomic E-state index is 12.8. The lowest BCUT2D eigenvalue weighted by Gasteiger charge is -2.18. The highest BCUT2D eigenvalue weighted by Gasteiger charge is 2.42. The molecule has 1 amide bonds. The monoisotopic (exact) mass is 368 g/mol. The zero-order valence-corrected chi connectivity index (χ0v) is 15.0. The molecule has 1 aliphatic rings. The average molecular weight is 368 g/mol. The molecule has 0 heterocycles.